The highest BCUT2D eigenvalue weighted by Gasteiger charge is 2.30. The molecule has 26 heavy (non-hydrogen) atoms. The van der Waals surface area contributed by atoms with Crippen LogP contribution in [0, 0.1) is 0 Å². The fraction of sp³-hybridized carbons (Fsp3) is 0.368. The van der Waals surface area contributed by atoms with Gasteiger partial charge in [0.15, 0.2) is 0 Å². The molecule has 7 heteroatoms. The van der Waals surface area contributed by atoms with Crippen molar-refractivity contribution >= 4 is 27.3 Å². The zero-order valence-corrected chi connectivity index (χ0v) is 16.2. The normalized spacial score (nSPS) is 20.5. The molecule has 0 spiro atoms. The third kappa shape index (κ3) is 4.50. The standard InChI is InChI=1S/C19H23ClN2O3S/c1-25-19-9-5-4-8-18(19)21-16-6-2-3-7-17(16)22-26(23,24)15-12-10-14(20)11-13-15/h4-5,8-13,16-17,21-22H,2-3,6-7H2,1H3/t16-,17+/m1/s1. The maximum Gasteiger partial charge on any atom is 0.240 e. The third-order valence-corrected chi connectivity index (χ3v) is 6.40. The summed E-state index contributed by atoms with van der Waals surface area (Å²) in [6.45, 7) is 0. The summed E-state index contributed by atoms with van der Waals surface area (Å²) in [6.07, 6.45) is 3.75. The minimum Gasteiger partial charge on any atom is -0.495 e. The molecule has 0 radical (unpaired) electrons. The van der Waals surface area contributed by atoms with Crippen molar-refractivity contribution in [2.75, 3.05) is 12.4 Å². The van der Waals surface area contributed by atoms with Crippen LogP contribution in [-0.2, 0) is 10.0 Å². The Morgan fingerprint density at radius 3 is 2.35 bits per heavy atom. The molecule has 1 aliphatic rings. The van der Waals surface area contributed by atoms with Crippen LogP contribution in [-0.4, -0.2) is 27.6 Å². The fourth-order valence-corrected chi connectivity index (χ4v) is 4.73. The highest BCUT2D eigenvalue weighted by atomic mass is 35.5. The number of anilines is 1. The quantitative estimate of drug-likeness (QED) is 0.775. The third-order valence-electron chi connectivity index (χ3n) is 4.64. The van der Waals surface area contributed by atoms with E-state index >= 15 is 0 Å². The Bertz CT molecular complexity index is 840. The minimum atomic E-state index is -3.60. The van der Waals surface area contributed by atoms with Crippen LogP contribution < -0.4 is 14.8 Å². The smallest absolute Gasteiger partial charge is 0.240 e. The number of methoxy groups -OCH3 is 1. The molecule has 0 heterocycles. The second-order valence-electron chi connectivity index (χ2n) is 6.42. The number of ether oxygens (including phenoxy) is 1. The molecular weight excluding hydrogens is 372 g/mol. The van der Waals surface area contributed by atoms with Gasteiger partial charge in [-0.15, -0.1) is 0 Å². The molecule has 3 rings (SSSR count). The summed E-state index contributed by atoms with van der Waals surface area (Å²) in [5.41, 5.74) is 0.873. The molecule has 0 aliphatic heterocycles. The molecular formula is C19H23ClN2O3S. The van der Waals surface area contributed by atoms with E-state index in [1.54, 1.807) is 19.2 Å². The molecule has 2 aromatic rings. The summed E-state index contributed by atoms with van der Waals surface area (Å²) >= 11 is 5.86. The van der Waals surface area contributed by atoms with Gasteiger partial charge in [-0.2, -0.15) is 0 Å². The number of sulfonamides is 1. The molecule has 0 bridgehead atoms. The number of hydrogen-bond acceptors (Lipinski definition) is 4. The molecule has 0 amide bonds. The summed E-state index contributed by atoms with van der Waals surface area (Å²) in [4.78, 5) is 0.225. The van der Waals surface area contributed by atoms with Gasteiger partial charge in [-0.3, -0.25) is 0 Å². The van der Waals surface area contributed by atoms with Gasteiger partial charge in [-0.1, -0.05) is 36.6 Å². The SMILES string of the molecule is COc1ccccc1N[C@@H]1CCCC[C@@H]1NS(=O)(=O)c1ccc(Cl)cc1. The minimum absolute atomic E-state index is 0.00197. The first kappa shape index (κ1) is 19.0. The van der Waals surface area contributed by atoms with E-state index in [2.05, 4.69) is 10.0 Å². The zero-order chi connectivity index (χ0) is 18.6. The Hall–Kier alpha value is -1.76. The van der Waals surface area contributed by atoms with Gasteiger partial charge in [0.05, 0.1) is 17.7 Å². The van der Waals surface area contributed by atoms with Gasteiger partial charge in [0.1, 0.15) is 5.75 Å². The van der Waals surface area contributed by atoms with Gasteiger partial charge in [-0.05, 0) is 49.2 Å². The number of para-hydroxylation sites is 2. The Kier molecular flexibility index (Phi) is 6.06. The number of nitrogens with one attached hydrogen (secondary N) is 2. The van der Waals surface area contributed by atoms with Crippen LogP contribution in [0.3, 0.4) is 0 Å². The average Bonchev–Trinajstić information content (AvgIpc) is 2.64. The number of halogens is 1. The monoisotopic (exact) mass is 394 g/mol. The average molecular weight is 395 g/mol. The predicted octanol–water partition coefficient (Wildman–Crippen LogP) is 4.05. The maximum absolute atomic E-state index is 12.7. The van der Waals surface area contributed by atoms with Crippen molar-refractivity contribution in [2.24, 2.45) is 0 Å². The lowest BCUT2D eigenvalue weighted by atomic mass is 9.91. The van der Waals surface area contributed by atoms with Crippen LogP contribution in [0.15, 0.2) is 53.4 Å². The van der Waals surface area contributed by atoms with Crippen molar-refractivity contribution in [3.05, 3.63) is 53.6 Å². The van der Waals surface area contributed by atoms with Gasteiger partial charge in [0.2, 0.25) is 10.0 Å². The molecule has 0 unspecified atom stereocenters. The number of rotatable bonds is 6. The van der Waals surface area contributed by atoms with Crippen LogP contribution in [0.25, 0.3) is 0 Å². The predicted molar refractivity (Wildman–Crippen MR) is 104 cm³/mol. The summed E-state index contributed by atoms with van der Waals surface area (Å²) in [5.74, 6) is 0.748. The van der Waals surface area contributed by atoms with E-state index in [1.807, 2.05) is 24.3 Å². The van der Waals surface area contributed by atoms with E-state index in [9.17, 15) is 8.42 Å². The van der Waals surface area contributed by atoms with Crippen molar-refractivity contribution in [2.45, 2.75) is 42.7 Å². The van der Waals surface area contributed by atoms with E-state index in [4.69, 9.17) is 16.3 Å². The van der Waals surface area contributed by atoms with Crippen molar-refractivity contribution < 1.29 is 13.2 Å². The van der Waals surface area contributed by atoms with Crippen molar-refractivity contribution in [1.82, 2.24) is 4.72 Å². The van der Waals surface area contributed by atoms with Gasteiger partial charge >= 0.3 is 0 Å². The molecule has 2 atom stereocenters. The second-order valence-corrected chi connectivity index (χ2v) is 8.57. The van der Waals surface area contributed by atoms with Crippen molar-refractivity contribution in [3.8, 4) is 5.75 Å². The summed E-state index contributed by atoms with van der Waals surface area (Å²) in [6, 6.07) is 13.7. The topological polar surface area (TPSA) is 67.4 Å². The van der Waals surface area contributed by atoms with Crippen LogP contribution in [0.4, 0.5) is 5.69 Å². The zero-order valence-electron chi connectivity index (χ0n) is 14.6. The molecule has 5 nitrogen and oxygen atoms in total. The van der Waals surface area contributed by atoms with Crippen LogP contribution in [0.5, 0.6) is 5.75 Å². The lowest BCUT2D eigenvalue weighted by Gasteiger charge is -2.33. The fourth-order valence-electron chi connectivity index (χ4n) is 3.29. The van der Waals surface area contributed by atoms with E-state index in [-0.39, 0.29) is 17.0 Å². The van der Waals surface area contributed by atoms with E-state index in [0.717, 1.165) is 37.1 Å². The summed E-state index contributed by atoms with van der Waals surface area (Å²) in [5, 5.41) is 3.97. The van der Waals surface area contributed by atoms with Gasteiger partial charge in [-0.25, -0.2) is 13.1 Å². The Balaban J connectivity index is 1.77. The Labute approximate surface area is 159 Å². The Morgan fingerprint density at radius 2 is 1.65 bits per heavy atom. The van der Waals surface area contributed by atoms with Crippen LogP contribution >= 0.6 is 11.6 Å². The molecule has 0 aromatic heterocycles. The van der Waals surface area contributed by atoms with Crippen LogP contribution in [0.2, 0.25) is 5.02 Å². The molecule has 140 valence electrons. The lowest BCUT2D eigenvalue weighted by Crippen LogP contribution is -2.48. The molecule has 1 saturated carbocycles. The lowest BCUT2D eigenvalue weighted by molar-refractivity contribution is 0.375. The molecule has 1 fully saturated rings. The van der Waals surface area contributed by atoms with Gasteiger partial charge in [0, 0.05) is 17.1 Å². The number of hydrogen-bond donors (Lipinski definition) is 2. The second kappa shape index (κ2) is 8.29. The summed E-state index contributed by atoms with van der Waals surface area (Å²) < 4.78 is 33.7. The summed E-state index contributed by atoms with van der Waals surface area (Å²) in [7, 11) is -1.97. The molecule has 1 aliphatic carbocycles. The first-order valence-corrected chi connectivity index (χ1v) is 10.5. The first-order chi connectivity index (χ1) is 12.5. The highest BCUT2D eigenvalue weighted by Crippen LogP contribution is 2.29. The van der Waals surface area contributed by atoms with E-state index in [0.29, 0.717) is 5.02 Å². The van der Waals surface area contributed by atoms with Crippen molar-refractivity contribution in [1.29, 1.82) is 0 Å². The maximum atomic E-state index is 12.7. The molecule has 2 aromatic carbocycles. The molecule has 0 saturated heterocycles. The molecule has 2 N–H and O–H groups in total. The van der Waals surface area contributed by atoms with E-state index < -0.39 is 10.0 Å². The van der Waals surface area contributed by atoms with Crippen molar-refractivity contribution in [3.63, 3.8) is 0 Å². The number of benzene rings is 2. The van der Waals surface area contributed by atoms with Gasteiger partial charge in [0.25, 0.3) is 0 Å². The highest BCUT2D eigenvalue weighted by molar-refractivity contribution is 7.89. The van der Waals surface area contributed by atoms with E-state index in [1.165, 1.54) is 12.1 Å². The largest absolute Gasteiger partial charge is 0.495 e. The Morgan fingerprint density at radius 1 is 1.00 bits per heavy atom. The van der Waals surface area contributed by atoms with Gasteiger partial charge < -0.3 is 10.1 Å². The van der Waals surface area contributed by atoms with Crippen LogP contribution in [0.1, 0.15) is 25.7 Å². The first-order valence-electron chi connectivity index (χ1n) is 8.67.